The van der Waals surface area contributed by atoms with Gasteiger partial charge in [-0.15, -0.1) is 0 Å². The lowest BCUT2D eigenvalue weighted by Gasteiger charge is -2.14. The average Bonchev–Trinajstić information content (AvgIpc) is 2.87. The topological polar surface area (TPSA) is 64.7 Å². The molecule has 20 heavy (non-hydrogen) atoms. The first kappa shape index (κ1) is 14.6. The van der Waals surface area contributed by atoms with E-state index in [0.29, 0.717) is 5.02 Å². The van der Waals surface area contributed by atoms with Crippen molar-refractivity contribution in [3.8, 4) is 0 Å². The van der Waals surface area contributed by atoms with E-state index in [2.05, 4.69) is 15.5 Å². The van der Waals surface area contributed by atoms with Gasteiger partial charge in [0.25, 0.3) is 0 Å². The van der Waals surface area contributed by atoms with Crippen molar-refractivity contribution in [1.82, 2.24) is 24.9 Å². The molecular weight excluding hydrogens is 278 g/mol. The van der Waals surface area contributed by atoms with Crippen molar-refractivity contribution in [1.29, 1.82) is 0 Å². The first-order valence-corrected chi connectivity index (χ1v) is 6.73. The molecule has 2 rings (SSSR count). The summed E-state index contributed by atoms with van der Waals surface area (Å²) in [5.74, 6) is -0.108. The van der Waals surface area contributed by atoms with Crippen molar-refractivity contribution in [3.05, 3.63) is 34.4 Å². The molecule has 6 nitrogen and oxygen atoms in total. The lowest BCUT2D eigenvalue weighted by Crippen LogP contribution is -2.31. The maximum Gasteiger partial charge on any atom is 0.242 e. The summed E-state index contributed by atoms with van der Waals surface area (Å²) in [5, 5.41) is 11.7. The molecule has 1 atom stereocenters. The summed E-state index contributed by atoms with van der Waals surface area (Å²) in [6, 6.07) is -0.0949. The van der Waals surface area contributed by atoms with Crippen molar-refractivity contribution in [2.24, 2.45) is 7.05 Å². The Bertz CT molecular complexity index is 631. The number of carbonyl (C=O) groups excluding carboxylic acids is 1. The molecule has 0 aliphatic rings. The van der Waals surface area contributed by atoms with E-state index in [0.717, 1.165) is 17.0 Å². The Kier molecular flexibility index (Phi) is 4.13. The Labute approximate surface area is 122 Å². The molecule has 0 fully saturated rings. The third kappa shape index (κ3) is 2.85. The Balaban J connectivity index is 2.01. The predicted octanol–water partition coefficient (Wildman–Crippen LogP) is 1.76. The molecule has 1 N–H and O–H groups in total. The fourth-order valence-corrected chi connectivity index (χ4v) is 2.17. The maximum absolute atomic E-state index is 12.0. The minimum Gasteiger partial charge on any atom is -0.348 e. The summed E-state index contributed by atoms with van der Waals surface area (Å²) in [7, 11) is 1.88. The van der Waals surface area contributed by atoms with E-state index in [-0.39, 0.29) is 18.5 Å². The van der Waals surface area contributed by atoms with Crippen LogP contribution in [0.15, 0.2) is 12.4 Å². The summed E-state index contributed by atoms with van der Waals surface area (Å²) in [5.41, 5.74) is 2.83. The largest absolute Gasteiger partial charge is 0.348 e. The second-order valence-corrected chi connectivity index (χ2v) is 5.24. The molecule has 2 aromatic rings. The van der Waals surface area contributed by atoms with Gasteiger partial charge in [-0.2, -0.15) is 10.2 Å². The van der Waals surface area contributed by atoms with Gasteiger partial charge in [-0.05, 0) is 20.8 Å². The highest BCUT2D eigenvalue weighted by molar-refractivity contribution is 6.31. The Morgan fingerprint density at radius 1 is 1.35 bits per heavy atom. The van der Waals surface area contributed by atoms with Crippen molar-refractivity contribution in [2.45, 2.75) is 33.4 Å². The van der Waals surface area contributed by atoms with Crippen molar-refractivity contribution in [2.75, 3.05) is 0 Å². The van der Waals surface area contributed by atoms with Crippen LogP contribution in [0.1, 0.15) is 29.9 Å². The number of nitrogens with zero attached hydrogens (tertiary/aromatic N) is 4. The predicted molar refractivity (Wildman–Crippen MR) is 76.5 cm³/mol. The minimum absolute atomic E-state index is 0.0949. The van der Waals surface area contributed by atoms with Crippen molar-refractivity contribution >= 4 is 17.5 Å². The highest BCUT2D eigenvalue weighted by Crippen LogP contribution is 2.16. The Hall–Kier alpha value is -1.82. The van der Waals surface area contributed by atoms with Gasteiger partial charge in [-0.3, -0.25) is 14.2 Å². The highest BCUT2D eigenvalue weighted by atomic mass is 35.5. The number of nitrogens with one attached hydrogen (secondary N) is 1. The van der Waals surface area contributed by atoms with Gasteiger partial charge in [-0.1, -0.05) is 11.6 Å². The van der Waals surface area contributed by atoms with Gasteiger partial charge in [0.15, 0.2) is 0 Å². The van der Waals surface area contributed by atoms with Crippen molar-refractivity contribution in [3.63, 3.8) is 0 Å². The molecule has 7 heteroatoms. The number of hydrogen-bond donors (Lipinski definition) is 1. The van der Waals surface area contributed by atoms with Crippen LogP contribution in [0.3, 0.4) is 0 Å². The monoisotopic (exact) mass is 295 g/mol. The molecule has 0 radical (unpaired) electrons. The maximum atomic E-state index is 12.0. The van der Waals surface area contributed by atoms with E-state index in [1.165, 1.54) is 0 Å². The summed E-state index contributed by atoms with van der Waals surface area (Å²) in [4.78, 5) is 12.0. The van der Waals surface area contributed by atoms with Crippen LogP contribution >= 0.6 is 11.6 Å². The molecule has 0 spiro atoms. The van der Waals surface area contributed by atoms with E-state index in [1.807, 2.05) is 27.8 Å². The van der Waals surface area contributed by atoms with E-state index >= 15 is 0 Å². The first-order valence-electron chi connectivity index (χ1n) is 6.36. The van der Waals surface area contributed by atoms with Gasteiger partial charge in [-0.25, -0.2) is 0 Å². The summed E-state index contributed by atoms with van der Waals surface area (Å²) >= 11 is 5.91. The van der Waals surface area contributed by atoms with Gasteiger partial charge in [0, 0.05) is 18.3 Å². The third-order valence-electron chi connectivity index (χ3n) is 3.45. The standard InChI is InChI=1S/C13H18ClN5O/c1-8(11-5-15-18(4)9(11)2)17-13(20)7-19-10(3)12(14)6-16-19/h5-6,8H,7H2,1-4H3,(H,17,20). The van der Waals surface area contributed by atoms with Crippen LogP contribution in [0.25, 0.3) is 0 Å². The molecule has 0 aliphatic heterocycles. The molecule has 0 bridgehead atoms. The lowest BCUT2D eigenvalue weighted by atomic mass is 10.1. The fraction of sp³-hybridized carbons (Fsp3) is 0.462. The number of amides is 1. The van der Waals surface area contributed by atoms with Gasteiger partial charge >= 0.3 is 0 Å². The van der Waals surface area contributed by atoms with Crippen LogP contribution in [0, 0.1) is 13.8 Å². The zero-order valence-electron chi connectivity index (χ0n) is 12.0. The number of carbonyl (C=O) groups is 1. The van der Waals surface area contributed by atoms with Crippen LogP contribution in [-0.2, 0) is 18.4 Å². The molecule has 2 heterocycles. The van der Waals surface area contributed by atoms with Crippen LogP contribution in [-0.4, -0.2) is 25.5 Å². The van der Waals surface area contributed by atoms with Gasteiger partial charge in [0.05, 0.1) is 29.2 Å². The molecule has 108 valence electrons. The number of aryl methyl sites for hydroxylation is 1. The van der Waals surface area contributed by atoms with Gasteiger partial charge in [0.1, 0.15) is 6.54 Å². The molecular formula is C13H18ClN5O. The summed E-state index contributed by atoms with van der Waals surface area (Å²) in [6.45, 7) is 5.90. The first-order chi connectivity index (χ1) is 9.40. The third-order valence-corrected chi connectivity index (χ3v) is 3.82. The second kappa shape index (κ2) is 5.66. The molecule has 0 saturated heterocycles. The molecule has 1 unspecified atom stereocenters. The van der Waals surface area contributed by atoms with Crippen LogP contribution in [0.5, 0.6) is 0 Å². The number of rotatable bonds is 4. The van der Waals surface area contributed by atoms with Crippen LogP contribution in [0.4, 0.5) is 0 Å². The molecule has 1 amide bonds. The summed E-state index contributed by atoms with van der Waals surface area (Å²) in [6.07, 6.45) is 3.31. The number of halogens is 1. The van der Waals surface area contributed by atoms with Gasteiger partial charge in [0.2, 0.25) is 5.91 Å². The SMILES string of the molecule is Cc1c(C(C)NC(=O)Cn2ncc(Cl)c2C)cnn1C. The van der Waals surface area contributed by atoms with Crippen molar-refractivity contribution < 1.29 is 4.79 Å². The van der Waals surface area contributed by atoms with Gasteiger partial charge < -0.3 is 5.32 Å². The number of aromatic nitrogens is 4. The van der Waals surface area contributed by atoms with Crippen LogP contribution in [0.2, 0.25) is 5.02 Å². The molecule has 0 saturated carbocycles. The Morgan fingerprint density at radius 3 is 2.55 bits per heavy atom. The van der Waals surface area contributed by atoms with E-state index in [4.69, 9.17) is 11.6 Å². The lowest BCUT2D eigenvalue weighted by molar-refractivity contribution is -0.122. The van der Waals surface area contributed by atoms with E-state index in [9.17, 15) is 4.79 Å². The number of hydrogen-bond acceptors (Lipinski definition) is 3. The summed E-state index contributed by atoms with van der Waals surface area (Å²) < 4.78 is 3.37. The fourth-order valence-electron chi connectivity index (χ4n) is 2.02. The normalized spacial score (nSPS) is 12.4. The second-order valence-electron chi connectivity index (χ2n) is 4.83. The molecule has 2 aromatic heterocycles. The molecule has 0 aliphatic carbocycles. The smallest absolute Gasteiger partial charge is 0.242 e. The van der Waals surface area contributed by atoms with Crippen LogP contribution < -0.4 is 5.32 Å². The highest BCUT2D eigenvalue weighted by Gasteiger charge is 2.15. The minimum atomic E-state index is -0.108. The quantitative estimate of drug-likeness (QED) is 0.935. The Morgan fingerprint density at radius 2 is 2.05 bits per heavy atom. The van der Waals surface area contributed by atoms with E-state index in [1.54, 1.807) is 21.8 Å². The zero-order chi connectivity index (χ0) is 14.9. The zero-order valence-corrected chi connectivity index (χ0v) is 12.8. The van der Waals surface area contributed by atoms with E-state index < -0.39 is 0 Å². The average molecular weight is 296 g/mol. The molecule has 0 aromatic carbocycles.